The second kappa shape index (κ2) is 5.67. The molecule has 1 amide bonds. The van der Waals surface area contributed by atoms with Crippen molar-refractivity contribution in [1.29, 1.82) is 0 Å². The van der Waals surface area contributed by atoms with Crippen LogP contribution in [0.1, 0.15) is 31.6 Å². The summed E-state index contributed by atoms with van der Waals surface area (Å²) in [4.78, 5) is 14.8. The molecule has 98 valence electrons. The molecule has 1 heterocycles. The number of hydrogen-bond donors (Lipinski definition) is 1. The summed E-state index contributed by atoms with van der Waals surface area (Å²) in [5.74, 6) is 0. The molecule has 0 bridgehead atoms. The van der Waals surface area contributed by atoms with Crippen molar-refractivity contribution < 1.29 is 14.3 Å². The topological polar surface area (TPSA) is 74.4 Å². The van der Waals surface area contributed by atoms with Gasteiger partial charge in [-0.05, 0) is 35.0 Å². The van der Waals surface area contributed by atoms with E-state index in [-0.39, 0.29) is 18.3 Å². The number of carbonyl (C=O) groups excluding carboxylic acids is 1. The minimum absolute atomic E-state index is 0.0716. The molecule has 2 N–H and O–H groups in total. The highest BCUT2D eigenvalue weighted by Gasteiger charge is 2.34. The van der Waals surface area contributed by atoms with Crippen LogP contribution in [0, 0.1) is 0 Å². The van der Waals surface area contributed by atoms with Crippen LogP contribution in [0.25, 0.3) is 0 Å². The molecule has 0 saturated heterocycles. The molecule has 0 aromatic carbocycles. The van der Waals surface area contributed by atoms with E-state index in [2.05, 4.69) is 20.9 Å². The maximum absolute atomic E-state index is 10.5. The van der Waals surface area contributed by atoms with Crippen LogP contribution >= 0.6 is 15.9 Å². The van der Waals surface area contributed by atoms with Gasteiger partial charge in [-0.1, -0.05) is 0 Å². The number of rotatable bonds is 4. The fourth-order valence-electron chi connectivity index (χ4n) is 1.88. The van der Waals surface area contributed by atoms with Gasteiger partial charge in [0.05, 0.1) is 17.9 Å². The third-order valence-electron chi connectivity index (χ3n) is 2.90. The molecule has 1 unspecified atom stereocenters. The van der Waals surface area contributed by atoms with Gasteiger partial charge in [-0.2, -0.15) is 0 Å². The first-order valence-corrected chi connectivity index (χ1v) is 6.57. The number of amides is 1. The Labute approximate surface area is 114 Å². The van der Waals surface area contributed by atoms with E-state index < -0.39 is 6.09 Å². The van der Waals surface area contributed by atoms with Gasteiger partial charge >= 0.3 is 6.09 Å². The second-order valence-corrected chi connectivity index (χ2v) is 5.25. The summed E-state index contributed by atoms with van der Waals surface area (Å²) in [7, 11) is 0. The summed E-state index contributed by atoms with van der Waals surface area (Å²) in [6, 6.07) is 3.85. The van der Waals surface area contributed by atoms with Gasteiger partial charge in [0.15, 0.2) is 0 Å². The zero-order valence-electron chi connectivity index (χ0n) is 10.0. The van der Waals surface area contributed by atoms with Crippen LogP contribution in [-0.4, -0.2) is 23.3 Å². The van der Waals surface area contributed by atoms with Crippen molar-refractivity contribution in [3.05, 3.63) is 28.5 Å². The van der Waals surface area contributed by atoms with Crippen molar-refractivity contribution in [2.45, 2.75) is 38.1 Å². The van der Waals surface area contributed by atoms with Crippen LogP contribution in [-0.2, 0) is 9.47 Å². The Hall–Kier alpha value is -1.14. The van der Waals surface area contributed by atoms with Gasteiger partial charge in [0.1, 0.15) is 6.10 Å². The van der Waals surface area contributed by atoms with Crippen LogP contribution in [0.4, 0.5) is 4.79 Å². The van der Waals surface area contributed by atoms with Gasteiger partial charge in [-0.3, -0.25) is 4.98 Å². The predicted octanol–water partition coefficient (Wildman–Crippen LogP) is 2.55. The van der Waals surface area contributed by atoms with E-state index in [1.54, 1.807) is 6.20 Å². The number of primary amides is 1. The lowest BCUT2D eigenvalue weighted by atomic mass is 9.92. The number of nitrogens with zero attached hydrogens (tertiary/aromatic N) is 1. The second-order valence-electron chi connectivity index (χ2n) is 4.33. The van der Waals surface area contributed by atoms with Crippen LogP contribution in [0.2, 0.25) is 0 Å². The van der Waals surface area contributed by atoms with Crippen molar-refractivity contribution in [2.24, 2.45) is 5.73 Å². The normalized spacial score (nSPS) is 24.1. The Morgan fingerprint density at radius 2 is 2.22 bits per heavy atom. The molecule has 2 rings (SSSR count). The van der Waals surface area contributed by atoms with Crippen molar-refractivity contribution in [3.63, 3.8) is 0 Å². The van der Waals surface area contributed by atoms with Gasteiger partial charge in [0, 0.05) is 23.5 Å². The third-order valence-corrected chi connectivity index (χ3v) is 3.37. The van der Waals surface area contributed by atoms with Crippen LogP contribution in [0.3, 0.4) is 0 Å². The lowest BCUT2D eigenvalue weighted by molar-refractivity contribution is -0.102. The van der Waals surface area contributed by atoms with Crippen molar-refractivity contribution in [3.8, 4) is 0 Å². The summed E-state index contributed by atoms with van der Waals surface area (Å²) < 4.78 is 11.6. The van der Waals surface area contributed by atoms with Crippen molar-refractivity contribution in [2.75, 3.05) is 0 Å². The fraction of sp³-hybridized carbons (Fsp3) is 0.500. The lowest BCUT2D eigenvalue weighted by Gasteiger charge is -2.35. The minimum atomic E-state index is -0.721. The standard InChI is InChI=1S/C12H15BrN2O3/c1-7(11-3-2-8(13)6-15-11)17-9-4-10(5-9)18-12(14)16/h2-3,6-7,9-10H,4-5H2,1H3,(H2,14,16). The molecular weight excluding hydrogens is 300 g/mol. The molecule has 0 radical (unpaired) electrons. The van der Waals surface area contributed by atoms with Gasteiger partial charge in [0.2, 0.25) is 0 Å². The molecular formula is C12H15BrN2O3. The van der Waals surface area contributed by atoms with Gasteiger partial charge in [-0.15, -0.1) is 0 Å². The molecule has 1 aromatic rings. The summed E-state index contributed by atoms with van der Waals surface area (Å²) in [5.41, 5.74) is 5.82. The Morgan fingerprint density at radius 3 is 2.78 bits per heavy atom. The molecule has 0 spiro atoms. The van der Waals surface area contributed by atoms with E-state index in [1.807, 2.05) is 19.1 Å². The lowest BCUT2D eigenvalue weighted by Crippen LogP contribution is -2.40. The highest BCUT2D eigenvalue weighted by atomic mass is 79.9. The first-order chi connectivity index (χ1) is 8.54. The summed E-state index contributed by atoms with van der Waals surface area (Å²) >= 11 is 3.34. The molecule has 1 atom stereocenters. The SMILES string of the molecule is CC(OC1CC(OC(N)=O)C1)c1ccc(Br)cn1. The molecule has 5 nitrogen and oxygen atoms in total. The van der Waals surface area contributed by atoms with E-state index in [4.69, 9.17) is 15.2 Å². The number of hydrogen-bond acceptors (Lipinski definition) is 4. The van der Waals surface area contributed by atoms with Gasteiger partial charge < -0.3 is 15.2 Å². The number of aromatic nitrogens is 1. The Kier molecular flexibility index (Phi) is 4.19. The van der Waals surface area contributed by atoms with Crippen LogP contribution < -0.4 is 5.73 Å². The van der Waals surface area contributed by atoms with E-state index in [0.717, 1.165) is 10.2 Å². The number of nitrogens with two attached hydrogens (primary N) is 1. The van der Waals surface area contributed by atoms with Crippen LogP contribution in [0.15, 0.2) is 22.8 Å². The van der Waals surface area contributed by atoms with E-state index >= 15 is 0 Å². The number of ether oxygens (including phenoxy) is 2. The van der Waals surface area contributed by atoms with E-state index in [0.29, 0.717) is 12.8 Å². The molecule has 1 aromatic heterocycles. The first kappa shape index (κ1) is 13.3. The van der Waals surface area contributed by atoms with Crippen LogP contribution in [0.5, 0.6) is 0 Å². The Bertz CT molecular complexity index is 418. The van der Waals surface area contributed by atoms with Crippen molar-refractivity contribution in [1.82, 2.24) is 4.98 Å². The fourth-order valence-corrected chi connectivity index (χ4v) is 2.11. The summed E-state index contributed by atoms with van der Waals surface area (Å²) in [6.07, 6.45) is 2.36. The van der Waals surface area contributed by atoms with E-state index in [9.17, 15) is 4.79 Å². The maximum Gasteiger partial charge on any atom is 0.404 e. The summed E-state index contributed by atoms with van der Waals surface area (Å²) in [5, 5.41) is 0. The smallest absolute Gasteiger partial charge is 0.404 e. The Morgan fingerprint density at radius 1 is 1.50 bits per heavy atom. The Balaban J connectivity index is 1.78. The van der Waals surface area contributed by atoms with Crippen molar-refractivity contribution >= 4 is 22.0 Å². The number of halogens is 1. The van der Waals surface area contributed by atoms with Gasteiger partial charge in [-0.25, -0.2) is 4.79 Å². The minimum Gasteiger partial charge on any atom is -0.446 e. The molecule has 18 heavy (non-hydrogen) atoms. The average molecular weight is 315 g/mol. The molecule has 1 aliphatic rings. The summed E-state index contributed by atoms with van der Waals surface area (Å²) in [6.45, 7) is 1.96. The predicted molar refractivity (Wildman–Crippen MR) is 68.9 cm³/mol. The molecule has 6 heteroatoms. The third kappa shape index (κ3) is 3.43. The monoisotopic (exact) mass is 314 g/mol. The van der Waals surface area contributed by atoms with Gasteiger partial charge in [0.25, 0.3) is 0 Å². The largest absolute Gasteiger partial charge is 0.446 e. The average Bonchev–Trinajstić information content (AvgIpc) is 2.26. The maximum atomic E-state index is 10.5. The zero-order chi connectivity index (χ0) is 13.1. The first-order valence-electron chi connectivity index (χ1n) is 5.77. The molecule has 0 aliphatic heterocycles. The number of pyridine rings is 1. The quantitative estimate of drug-likeness (QED) is 0.926. The van der Waals surface area contributed by atoms with E-state index in [1.165, 1.54) is 0 Å². The molecule has 1 aliphatic carbocycles. The zero-order valence-corrected chi connectivity index (χ0v) is 11.6. The highest BCUT2D eigenvalue weighted by molar-refractivity contribution is 9.10. The highest BCUT2D eigenvalue weighted by Crippen LogP contribution is 2.30. The number of carbonyl (C=O) groups is 1. The molecule has 1 fully saturated rings. The molecule has 1 saturated carbocycles.